The molecular weight excluding hydrogens is 856 g/mol. The van der Waals surface area contributed by atoms with Crippen LogP contribution < -0.4 is 15.7 Å². The van der Waals surface area contributed by atoms with Crippen LogP contribution in [0.2, 0.25) is 0 Å². The van der Waals surface area contributed by atoms with Crippen molar-refractivity contribution in [1.29, 1.82) is 0 Å². The Morgan fingerprint density at radius 1 is 0.394 bits per heavy atom. The third-order valence-electron chi connectivity index (χ3n) is 14.0. The van der Waals surface area contributed by atoms with E-state index in [9.17, 15) is 0 Å². The van der Waals surface area contributed by atoms with Gasteiger partial charge in [0.1, 0.15) is 0 Å². The van der Waals surface area contributed by atoms with E-state index in [4.69, 9.17) is 0 Å². The van der Waals surface area contributed by atoms with Crippen molar-refractivity contribution in [3.63, 3.8) is 0 Å². The van der Waals surface area contributed by atoms with Crippen molar-refractivity contribution in [3.8, 4) is 50.2 Å². The lowest BCUT2D eigenvalue weighted by Gasteiger charge is -2.43. The largest absolute Gasteiger partial charge is 0.376 e. The first kappa shape index (κ1) is 37.1. The predicted octanol–water partition coefficient (Wildman–Crippen LogP) is 16.0. The molecule has 0 bridgehead atoms. The first-order valence-corrected chi connectivity index (χ1v) is 25.0. The summed E-state index contributed by atoms with van der Waals surface area (Å²) in [7, 11) is 0. The number of nitrogens with zero attached hydrogens (tertiary/aromatic N) is 2. The number of thiophene rings is 1. The molecule has 3 aliphatic rings. The van der Waals surface area contributed by atoms with Crippen LogP contribution >= 0.6 is 34.9 Å². The number of aromatic nitrogens is 1. The molecule has 0 atom stereocenters. The maximum Gasteiger partial charge on any atom is 0.333 e. The van der Waals surface area contributed by atoms with Crippen molar-refractivity contribution in [1.82, 2.24) is 4.57 Å². The molecule has 10 aromatic carbocycles. The lowest BCUT2D eigenvalue weighted by atomic mass is 9.43. The fourth-order valence-corrected chi connectivity index (χ4v) is 14.6. The van der Waals surface area contributed by atoms with Crippen LogP contribution in [0.15, 0.2) is 232 Å². The molecule has 0 saturated carbocycles. The summed E-state index contributed by atoms with van der Waals surface area (Å²) < 4.78 is 5.31. The summed E-state index contributed by atoms with van der Waals surface area (Å²) in [6.07, 6.45) is 0. The topological polar surface area (TPSA) is 8.17 Å². The van der Waals surface area contributed by atoms with Gasteiger partial charge in [-0.3, -0.25) is 0 Å². The van der Waals surface area contributed by atoms with Gasteiger partial charge in [0, 0.05) is 78.7 Å². The van der Waals surface area contributed by atoms with Crippen LogP contribution in [0.3, 0.4) is 0 Å². The lowest BCUT2D eigenvalue weighted by molar-refractivity contribution is 1.15. The molecule has 0 N–H and O–H groups in total. The van der Waals surface area contributed by atoms with Gasteiger partial charge in [0.25, 0.3) is 0 Å². The number of fused-ring (bicyclic) bond motifs is 13. The highest BCUT2D eigenvalue weighted by Crippen LogP contribution is 2.56. The third-order valence-corrected chi connectivity index (χ3v) is 17.7. The van der Waals surface area contributed by atoms with Crippen LogP contribution in [-0.2, 0) is 0 Å². The summed E-state index contributed by atoms with van der Waals surface area (Å²) >= 11 is 5.76. The number of benzene rings is 10. The number of anilines is 2. The quantitative estimate of drug-likeness (QED) is 0.163. The summed E-state index contributed by atoms with van der Waals surface area (Å²) in [6.45, 7) is -0.122. The van der Waals surface area contributed by atoms with E-state index in [2.05, 4.69) is 222 Å². The molecule has 5 heterocycles. The summed E-state index contributed by atoms with van der Waals surface area (Å²) in [4.78, 5) is 7.94. The van der Waals surface area contributed by atoms with Gasteiger partial charge in [0.2, 0.25) is 0 Å². The summed E-state index contributed by atoms with van der Waals surface area (Å²) in [5, 5.41) is 5.18. The zero-order valence-corrected chi connectivity index (χ0v) is 37.9. The molecule has 2 aromatic heterocycles. The van der Waals surface area contributed by atoms with Gasteiger partial charge in [0.15, 0.2) is 0 Å². The van der Waals surface area contributed by atoms with Crippen LogP contribution in [0.5, 0.6) is 0 Å². The Morgan fingerprint density at radius 2 is 0.985 bits per heavy atom. The minimum absolute atomic E-state index is 0.122. The minimum atomic E-state index is -0.122. The molecule has 0 amide bonds. The number of hydrogen-bond donors (Lipinski definition) is 0. The molecule has 0 radical (unpaired) electrons. The average molecular weight is 891 g/mol. The molecule has 2 nitrogen and oxygen atoms in total. The van der Waals surface area contributed by atoms with Crippen LogP contribution in [-0.4, -0.2) is 11.4 Å². The summed E-state index contributed by atoms with van der Waals surface area (Å²) in [5.41, 5.74) is 18.9. The molecule has 0 aliphatic carbocycles. The molecule has 306 valence electrons. The third kappa shape index (κ3) is 5.35. The second kappa shape index (κ2) is 14.1. The zero-order chi connectivity index (χ0) is 43.0. The van der Waals surface area contributed by atoms with E-state index in [0.717, 1.165) is 0 Å². The van der Waals surface area contributed by atoms with Gasteiger partial charge in [-0.1, -0.05) is 169 Å². The molecule has 15 rings (SSSR count). The smallest absolute Gasteiger partial charge is 0.333 e. The monoisotopic (exact) mass is 890 g/mol. The molecule has 12 aromatic rings. The molecule has 0 unspecified atom stereocenters. The molecule has 6 heteroatoms. The van der Waals surface area contributed by atoms with Crippen molar-refractivity contribution in [2.45, 2.75) is 19.6 Å². The SMILES string of the molecule is c1ccc(-c2ccc(N3B4c5c(cc6c(sc7ccccc76)c5-c5cc6c(cc53)Sc3ccccc3S6)-n3c5ccc(-c6ccccc6)cc5c5cc(-c6ccccc6)cc4c53)cc2)cc1. The standard InChI is InChI=1S/C60H35BN2S3/c1-4-14-36(15-5-1)39-24-27-42(28-25-39)63-50-35-56-55(64-53-22-12-13-23-54(53)65-56)34-47(50)57-58-51(33-46-43-20-10-11-21-52(43)66-60(46)57)62-49-29-26-40(37-16-6-2-7-17-37)30-44(49)45-31-41(38-18-8-3-9-19-38)32-48(59(45)62)61(58)63/h1-35H. The second-order valence-corrected chi connectivity index (χ2v) is 20.8. The summed E-state index contributed by atoms with van der Waals surface area (Å²) in [5.74, 6) is 0. The van der Waals surface area contributed by atoms with Gasteiger partial charge in [-0.15, -0.1) is 11.3 Å². The Bertz CT molecular complexity index is 3990. The molecule has 0 spiro atoms. The van der Waals surface area contributed by atoms with Crippen LogP contribution in [0, 0.1) is 0 Å². The van der Waals surface area contributed by atoms with E-state index in [1.807, 2.05) is 34.9 Å². The first-order chi connectivity index (χ1) is 32.7. The van der Waals surface area contributed by atoms with E-state index in [1.54, 1.807) is 0 Å². The highest BCUT2D eigenvalue weighted by atomic mass is 32.2. The Labute approximate surface area is 394 Å². The minimum Gasteiger partial charge on any atom is -0.376 e. The number of hydrogen-bond acceptors (Lipinski definition) is 4. The van der Waals surface area contributed by atoms with Crippen LogP contribution in [0.4, 0.5) is 11.4 Å². The lowest BCUT2D eigenvalue weighted by Crippen LogP contribution is -2.60. The highest BCUT2D eigenvalue weighted by molar-refractivity contribution is 8.05. The molecule has 3 aliphatic heterocycles. The van der Waals surface area contributed by atoms with Gasteiger partial charge < -0.3 is 9.38 Å². The summed E-state index contributed by atoms with van der Waals surface area (Å²) in [6, 6.07) is 79.6. The average Bonchev–Trinajstić information content (AvgIpc) is 3.92. The Balaban J connectivity index is 1.10. The highest BCUT2D eigenvalue weighted by Gasteiger charge is 2.46. The molecular formula is C60H35BN2S3. The Morgan fingerprint density at radius 3 is 1.71 bits per heavy atom. The second-order valence-electron chi connectivity index (χ2n) is 17.6. The normalized spacial score (nSPS) is 13.3. The van der Waals surface area contributed by atoms with Crippen molar-refractivity contribution in [2.75, 3.05) is 4.81 Å². The molecule has 0 saturated heterocycles. The van der Waals surface area contributed by atoms with Crippen molar-refractivity contribution >= 4 is 106 Å². The van der Waals surface area contributed by atoms with Crippen molar-refractivity contribution in [2.24, 2.45) is 0 Å². The van der Waals surface area contributed by atoms with Crippen LogP contribution in [0.1, 0.15) is 0 Å². The first-order valence-electron chi connectivity index (χ1n) is 22.5. The van der Waals surface area contributed by atoms with E-state index < -0.39 is 0 Å². The predicted molar refractivity (Wildman–Crippen MR) is 284 cm³/mol. The molecule has 0 fully saturated rings. The van der Waals surface area contributed by atoms with E-state index in [1.165, 1.54) is 134 Å². The maximum atomic E-state index is 2.70. The Kier molecular flexibility index (Phi) is 7.94. The fraction of sp³-hybridized carbons (Fsp3) is 0. The van der Waals surface area contributed by atoms with Gasteiger partial charge in [-0.05, 0) is 111 Å². The number of rotatable bonds is 4. The fourth-order valence-electron chi connectivity index (χ4n) is 11.1. The zero-order valence-electron chi connectivity index (χ0n) is 35.4. The Hall–Kier alpha value is -7.22. The van der Waals surface area contributed by atoms with Gasteiger partial charge >= 0.3 is 6.85 Å². The van der Waals surface area contributed by atoms with Crippen molar-refractivity contribution < 1.29 is 0 Å². The van der Waals surface area contributed by atoms with Gasteiger partial charge in [0.05, 0.1) is 11.0 Å². The van der Waals surface area contributed by atoms with Gasteiger partial charge in [-0.2, -0.15) is 0 Å². The van der Waals surface area contributed by atoms with Gasteiger partial charge in [-0.25, -0.2) is 0 Å². The van der Waals surface area contributed by atoms with E-state index >= 15 is 0 Å². The van der Waals surface area contributed by atoms with Crippen LogP contribution in [0.25, 0.3) is 92.2 Å². The van der Waals surface area contributed by atoms with Crippen molar-refractivity contribution in [3.05, 3.63) is 212 Å². The maximum absolute atomic E-state index is 2.70. The molecule has 66 heavy (non-hydrogen) atoms. The van der Waals surface area contributed by atoms with E-state index in [-0.39, 0.29) is 6.85 Å². The van der Waals surface area contributed by atoms with E-state index in [0.29, 0.717) is 0 Å².